The molecule has 1 saturated carbocycles. The Labute approximate surface area is 154 Å². The molecule has 2 unspecified atom stereocenters. The van der Waals surface area contributed by atoms with E-state index in [0.29, 0.717) is 5.92 Å². The molecule has 1 saturated heterocycles. The van der Waals surface area contributed by atoms with E-state index in [1.165, 1.54) is 24.2 Å². The summed E-state index contributed by atoms with van der Waals surface area (Å²) in [6.45, 7) is 1.99. The second kappa shape index (κ2) is 7.89. The van der Waals surface area contributed by atoms with Gasteiger partial charge in [-0.3, -0.25) is 14.5 Å². The van der Waals surface area contributed by atoms with Gasteiger partial charge in [0.15, 0.2) is 0 Å². The second-order valence-corrected chi connectivity index (χ2v) is 7.35. The Morgan fingerprint density at radius 2 is 1.81 bits per heavy atom. The van der Waals surface area contributed by atoms with Crippen molar-refractivity contribution in [2.75, 3.05) is 11.9 Å². The highest BCUT2D eigenvalue weighted by atomic mass is 16.2. The Hall–Kier alpha value is -2.37. The molecule has 1 aliphatic carbocycles. The van der Waals surface area contributed by atoms with Crippen LogP contribution in [0.15, 0.2) is 30.3 Å². The summed E-state index contributed by atoms with van der Waals surface area (Å²) in [7, 11) is 1.67. The molecular formula is C20H27N3O3. The molecule has 6 nitrogen and oxygen atoms in total. The summed E-state index contributed by atoms with van der Waals surface area (Å²) < 4.78 is 0. The number of nitrogens with zero attached hydrogens (tertiary/aromatic N) is 2. The fourth-order valence-electron chi connectivity index (χ4n) is 3.89. The molecule has 2 fully saturated rings. The summed E-state index contributed by atoms with van der Waals surface area (Å²) >= 11 is 0. The van der Waals surface area contributed by atoms with Crippen molar-refractivity contribution in [3.8, 4) is 0 Å². The Kier molecular flexibility index (Phi) is 5.59. The van der Waals surface area contributed by atoms with Crippen LogP contribution in [-0.4, -0.2) is 41.9 Å². The number of imide groups is 1. The van der Waals surface area contributed by atoms with Crippen molar-refractivity contribution in [2.45, 2.75) is 57.5 Å². The monoisotopic (exact) mass is 357 g/mol. The van der Waals surface area contributed by atoms with E-state index in [0.717, 1.165) is 23.4 Å². The predicted molar refractivity (Wildman–Crippen MR) is 99.7 cm³/mol. The molecule has 4 amide bonds. The third-order valence-electron chi connectivity index (χ3n) is 5.63. The lowest BCUT2D eigenvalue weighted by atomic mass is 9.84. The van der Waals surface area contributed by atoms with Crippen LogP contribution in [0.1, 0.15) is 45.4 Å². The number of rotatable bonds is 4. The van der Waals surface area contributed by atoms with Crippen molar-refractivity contribution in [1.82, 2.24) is 10.2 Å². The minimum atomic E-state index is -0.716. The lowest BCUT2D eigenvalue weighted by molar-refractivity contribution is -0.147. The van der Waals surface area contributed by atoms with Crippen LogP contribution in [0.5, 0.6) is 0 Å². The van der Waals surface area contributed by atoms with Gasteiger partial charge in [-0.1, -0.05) is 37.5 Å². The van der Waals surface area contributed by atoms with E-state index >= 15 is 0 Å². The Morgan fingerprint density at radius 3 is 2.42 bits per heavy atom. The fourth-order valence-corrected chi connectivity index (χ4v) is 3.89. The number of carbonyl (C=O) groups is 3. The first-order valence-corrected chi connectivity index (χ1v) is 9.44. The standard InChI is InChI=1S/C20H27N3O3/c1-14(15-9-5-3-6-10-15)21-20(26)23-17(13-18(23)24)19(25)22(2)16-11-7-4-8-12-16/h4,7-8,11-12,14-15,17H,3,5-6,9-10,13H2,1-2H3,(H,21,26). The number of hydrogen-bond donors (Lipinski definition) is 1. The average molecular weight is 357 g/mol. The molecule has 2 aliphatic rings. The van der Waals surface area contributed by atoms with Gasteiger partial charge in [-0.25, -0.2) is 4.79 Å². The summed E-state index contributed by atoms with van der Waals surface area (Å²) in [6.07, 6.45) is 5.93. The average Bonchev–Trinajstić information content (AvgIpc) is 2.66. The Morgan fingerprint density at radius 1 is 1.15 bits per heavy atom. The third kappa shape index (κ3) is 3.74. The highest BCUT2D eigenvalue weighted by Crippen LogP contribution is 2.28. The normalized spacial score (nSPS) is 21.7. The summed E-state index contributed by atoms with van der Waals surface area (Å²) in [5.74, 6) is -0.0837. The molecule has 1 aliphatic heterocycles. The van der Waals surface area contributed by atoms with E-state index < -0.39 is 12.1 Å². The fraction of sp³-hybridized carbons (Fsp3) is 0.550. The number of urea groups is 1. The number of likely N-dealkylation sites (tertiary alicyclic amines) is 1. The van der Waals surface area contributed by atoms with Crippen LogP contribution in [-0.2, 0) is 9.59 Å². The van der Waals surface area contributed by atoms with Crippen LogP contribution >= 0.6 is 0 Å². The van der Waals surface area contributed by atoms with Gasteiger partial charge in [0.25, 0.3) is 5.91 Å². The molecule has 0 bridgehead atoms. The topological polar surface area (TPSA) is 69.7 Å². The number of β-lactam (4-membered cyclic amide) rings is 1. The minimum Gasteiger partial charge on any atom is -0.335 e. The zero-order chi connectivity index (χ0) is 18.7. The van der Waals surface area contributed by atoms with Crippen LogP contribution < -0.4 is 10.2 Å². The molecular weight excluding hydrogens is 330 g/mol. The van der Waals surface area contributed by atoms with E-state index in [1.807, 2.05) is 37.3 Å². The van der Waals surface area contributed by atoms with Gasteiger partial charge in [0.05, 0.1) is 6.42 Å². The van der Waals surface area contributed by atoms with Gasteiger partial charge in [0.2, 0.25) is 5.91 Å². The molecule has 1 aromatic rings. The molecule has 26 heavy (non-hydrogen) atoms. The van der Waals surface area contributed by atoms with Crippen molar-refractivity contribution < 1.29 is 14.4 Å². The maximum absolute atomic E-state index is 12.7. The molecule has 1 heterocycles. The number of amides is 4. The summed E-state index contributed by atoms with van der Waals surface area (Å²) in [5.41, 5.74) is 0.743. The predicted octanol–water partition coefficient (Wildman–Crippen LogP) is 2.93. The number of para-hydroxylation sites is 1. The van der Waals surface area contributed by atoms with Crippen LogP contribution in [0.2, 0.25) is 0 Å². The molecule has 0 aromatic heterocycles. The zero-order valence-corrected chi connectivity index (χ0v) is 15.5. The minimum absolute atomic E-state index is 0.0128. The number of hydrogen-bond acceptors (Lipinski definition) is 3. The van der Waals surface area contributed by atoms with Crippen molar-refractivity contribution in [3.63, 3.8) is 0 Å². The molecule has 6 heteroatoms. The van der Waals surface area contributed by atoms with Crippen molar-refractivity contribution >= 4 is 23.5 Å². The van der Waals surface area contributed by atoms with Crippen molar-refractivity contribution in [1.29, 1.82) is 0 Å². The first-order chi connectivity index (χ1) is 12.5. The van der Waals surface area contributed by atoms with Crippen LogP contribution in [0.25, 0.3) is 0 Å². The number of anilines is 1. The Balaban J connectivity index is 1.62. The lowest BCUT2D eigenvalue weighted by Crippen LogP contribution is -2.65. The largest absolute Gasteiger partial charge is 0.335 e. The first kappa shape index (κ1) is 18.4. The lowest BCUT2D eigenvalue weighted by Gasteiger charge is -2.40. The van der Waals surface area contributed by atoms with Crippen LogP contribution in [0.4, 0.5) is 10.5 Å². The van der Waals surface area contributed by atoms with Gasteiger partial charge in [0, 0.05) is 18.8 Å². The van der Waals surface area contributed by atoms with E-state index in [4.69, 9.17) is 0 Å². The van der Waals surface area contributed by atoms with Gasteiger partial charge in [-0.15, -0.1) is 0 Å². The van der Waals surface area contributed by atoms with Crippen LogP contribution in [0, 0.1) is 5.92 Å². The summed E-state index contributed by atoms with van der Waals surface area (Å²) in [4.78, 5) is 39.9. The number of nitrogens with one attached hydrogen (secondary N) is 1. The van der Waals surface area contributed by atoms with E-state index in [-0.39, 0.29) is 24.3 Å². The van der Waals surface area contributed by atoms with Gasteiger partial charge in [0.1, 0.15) is 6.04 Å². The van der Waals surface area contributed by atoms with Crippen LogP contribution in [0.3, 0.4) is 0 Å². The number of benzene rings is 1. The van der Waals surface area contributed by atoms with Gasteiger partial charge >= 0.3 is 6.03 Å². The molecule has 0 spiro atoms. The first-order valence-electron chi connectivity index (χ1n) is 9.44. The van der Waals surface area contributed by atoms with Crippen molar-refractivity contribution in [3.05, 3.63) is 30.3 Å². The third-order valence-corrected chi connectivity index (χ3v) is 5.63. The maximum atomic E-state index is 12.7. The second-order valence-electron chi connectivity index (χ2n) is 7.35. The van der Waals surface area contributed by atoms with Gasteiger partial charge in [-0.2, -0.15) is 0 Å². The zero-order valence-electron chi connectivity index (χ0n) is 15.5. The van der Waals surface area contributed by atoms with E-state index in [2.05, 4.69) is 5.32 Å². The quantitative estimate of drug-likeness (QED) is 0.843. The highest BCUT2D eigenvalue weighted by molar-refractivity contribution is 6.11. The van der Waals surface area contributed by atoms with E-state index in [9.17, 15) is 14.4 Å². The molecule has 1 aromatic carbocycles. The highest BCUT2D eigenvalue weighted by Gasteiger charge is 2.47. The maximum Gasteiger partial charge on any atom is 0.325 e. The number of likely N-dealkylation sites (N-methyl/N-ethyl adjacent to an activating group) is 1. The van der Waals surface area contributed by atoms with Gasteiger partial charge < -0.3 is 10.2 Å². The molecule has 0 radical (unpaired) electrons. The van der Waals surface area contributed by atoms with Gasteiger partial charge in [-0.05, 0) is 37.8 Å². The molecule has 140 valence electrons. The Bertz CT molecular complexity index is 670. The van der Waals surface area contributed by atoms with Crippen molar-refractivity contribution in [2.24, 2.45) is 5.92 Å². The van der Waals surface area contributed by atoms with E-state index in [1.54, 1.807) is 7.05 Å². The molecule has 1 N–H and O–H groups in total. The smallest absolute Gasteiger partial charge is 0.325 e. The summed E-state index contributed by atoms with van der Waals surface area (Å²) in [6, 6.07) is 8.08. The SMILES string of the molecule is CC(NC(=O)N1C(=O)CC1C(=O)N(C)c1ccccc1)C1CCCCC1. The molecule has 3 rings (SSSR count). The molecule has 2 atom stereocenters. The number of carbonyl (C=O) groups excluding carboxylic acids is 3. The summed E-state index contributed by atoms with van der Waals surface area (Å²) in [5, 5.41) is 2.94.